The molecule has 2 aromatic carbocycles. The molecule has 7 heteroatoms. The molecule has 0 aromatic heterocycles. The Morgan fingerprint density at radius 2 is 1.89 bits per heavy atom. The number of guanidine groups is 1. The predicted molar refractivity (Wildman–Crippen MR) is 105 cm³/mol. The van der Waals surface area contributed by atoms with Crippen LogP contribution in [0.15, 0.2) is 41.4 Å². The van der Waals surface area contributed by atoms with E-state index >= 15 is 0 Å². The molecule has 0 bridgehead atoms. The molecule has 2 unspecified atom stereocenters. The van der Waals surface area contributed by atoms with Gasteiger partial charge in [-0.05, 0) is 30.7 Å². The monoisotopic (exact) mass is 389 g/mol. The second kappa shape index (κ2) is 8.46. The van der Waals surface area contributed by atoms with Crippen LogP contribution in [0.2, 0.25) is 0 Å². The van der Waals surface area contributed by atoms with Crippen LogP contribution in [0.1, 0.15) is 23.5 Å². The molecule has 0 spiro atoms. The van der Waals surface area contributed by atoms with E-state index in [-0.39, 0.29) is 17.5 Å². The fourth-order valence-corrected chi connectivity index (χ4v) is 3.36. The summed E-state index contributed by atoms with van der Waals surface area (Å²) >= 11 is 0. The van der Waals surface area contributed by atoms with Crippen molar-refractivity contribution in [1.29, 1.82) is 0 Å². The van der Waals surface area contributed by atoms with Crippen LogP contribution < -0.4 is 14.8 Å². The van der Waals surface area contributed by atoms with E-state index in [4.69, 9.17) is 9.47 Å². The highest BCUT2D eigenvalue weighted by molar-refractivity contribution is 5.80. The van der Waals surface area contributed by atoms with Crippen LogP contribution in [0, 0.1) is 11.6 Å². The van der Waals surface area contributed by atoms with Gasteiger partial charge in [0.25, 0.3) is 0 Å². The fraction of sp³-hybridized carbons (Fsp3) is 0.381. The molecular formula is C21H25F2N3O2. The summed E-state index contributed by atoms with van der Waals surface area (Å²) in [7, 11) is 6.81. The quantitative estimate of drug-likeness (QED) is 0.606. The van der Waals surface area contributed by atoms with Gasteiger partial charge in [0.05, 0.1) is 14.2 Å². The third-order valence-electron chi connectivity index (χ3n) is 4.95. The predicted octanol–water partition coefficient (Wildman–Crippen LogP) is 3.55. The van der Waals surface area contributed by atoms with E-state index in [1.54, 1.807) is 21.3 Å². The number of methoxy groups -OCH3 is 2. The Balaban J connectivity index is 1.67. The molecule has 2 aromatic rings. The fourth-order valence-electron chi connectivity index (χ4n) is 3.36. The molecule has 1 fully saturated rings. The Bertz CT molecular complexity index is 852. The molecule has 0 heterocycles. The van der Waals surface area contributed by atoms with Crippen molar-refractivity contribution in [2.45, 2.75) is 24.9 Å². The first-order valence-electron chi connectivity index (χ1n) is 9.07. The van der Waals surface area contributed by atoms with Gasteiger partial charge in [0.1, 0.15) is 23.1 Å². The van der Waals surface area contributed by atoms with Gasteiger partial charge in [0, 0.05) is 49.8 Å². The number of halogens is 2. The SMILES string of the molecule is CN=C(NC1CC1c1c(F)cccc1F)N(C)Cc1ccc(OC)cc1OC. The smallest absolute Gasteiger partial charge is 0.193 e. The first-order valence-corrected chi connectivity index (χ1v) is 9.07. The Kier molecular flexibility index (Phi) is 6.02. The van der Waals surface area contributed by atoms with Gasteiger partial charge in [-0.15, -0.1) is 0 Å². The number of nitrogens with zero attached hydrogens (tertiary/aromatic N) is 2. The van der Waals surface area contributed by atoms with Crippen molar-refractivity contribution in [1.82, 2.24) is 10.2 Å². The topological polar surface area (TPSA) is 46.1 Å². The van der Waals surface area contributed by atoms with E-state index in [1.165, 1.54) is 18.2 Å². The lowest BCUT2D eigenvalue weighted by Crippen LogP contribution is -2.40. The van der Waals surface area contributed by atoms with Crippen molar-refractivity contribution < 1.29 is 18.3 Å². The van der Waals surface area contributed by atoms with Crippen LogP contribution in [-0.2, 0) is 6.54 Å². The normalized spacial score (nSPS) is 18.6. The summed E-state index contributed by atoms with van der Waals surface area (Å²) in [6, 6.07) is 9.57. The summed E-state index contributed by atoms with van der Waals surface area (Å²) < 4.78 is 38.7. The largest absolute Gasteiger partial charge is 0.497 e. The van der Waals surface area contributed by atoms with Gasteiger partial charge in [-0.1, -0.05) is 6.07 Å². The Labute approximate surface area is 164 Å². The number of aliphatic imine (C=N–C) groups is 1. The molecular weight excluding hydrogens is 364 g/mol. The zero-order valence-corrected chi connectivity index (χ0v) is 16.5. The number of ether oxygens (including phenoxy) is 2. The molecule has 28 heavy (non-hydrogen) atoms. The molecule has 1 N–H and O–H groups in total. The van der Waals surface area contributed by atoms with Crippen LogP contribution >= 0.6 is 0 Å². The average Bonchev–Trinajstić information content (AvgIpc) is 3.44. The van der Waals surface area contributed by atoms with Crippen molar-refractivity contribution in [2.24, 2.45) is 4.99 Å². The lowest BCUT2D eigenvalue weighted by atomic mass is 10.1. The third kappa shape index (κ3) is 4.18. The molecule has 0 amide bonds. The summed E-state index contributed by atoms with van der Waals surface area (Å²) in [4.78, 5) is 6.25. The van der Waals surface area contributed by atoms with E-state index in [1.807, 2.05) is 30.1 Å². The molecule has 150 valence electrons. The van der Waals surface area contributed by atoms with E-state index in [9.17, 15) is 8.78 Å². The average molecular weight is 389 g/mol. The third-order valence-corrected chi connectivity index (χ3v) is 4.95. The lowest BCUT2D eigenvalue weighted by Gasteiger charge is -2.23. The first kappa shape index (κ1) is 19.9. The van der Waals surface area contributed by atoms with Crippen molar-refractivity contribution in [3.8, 4) is 11.5 Å². The zero-order chi connectivity index (χ0) is 20.3. The summed E-state index contributed by atoms with van der Waals surface area (Å²) in [5, 5.41) is 3.30. The highest BCUT2D eigenvalue weighted by Crippen LogP contribution is 2.43. The number of rotatable bonds is 6. The lowest BCUT2D eigenvalue weighted by molar-refractivity contribution is 0.382. The van der Waals surface area contributed by atoms with E-state index in [0.29, 0.717) is 18.9 Å². The number of hydrogen-bond donors (Lipinski definition) is 1. The molecule has 0 aliphatic heterocycles. The highest BCUT2D eigenvalue weighted by Gasteiger charge is 2.42. The summed E-state index contributed by atoms with van der Waals surface area (Å²) in [6.07, 6.45) is 0.663. The summed E-state index contributed by atoms with van der Waals surface area (Å²) in [5.74, 6) is 0.906. The number of hydrogen-bond acceptors (Lipinski definition) is 3. The molecule has 0 radical (unpaired) electrons. The van der Waals surface area contributed by atoms with Gasteiger partial charge in [-0.3, -0.25) is 4.99 Å². The minimum absolute atomic E-state index is 0.0506. The molecule has 3 rings (SSSR count). The van der Waals surface area contributed by atoms with Gasteiger partial charge in [-0.25, -0.2) is 8.78 Å². The van der Waals surface area contributed by atoms with Crippen molar-refractivity contribution >= 4 is 5.96 Å². The van der Waals surface area contributed by atoms with E-state index in [2.05, 4.69) is 10.3 Å². The van der Waals surface area contributed by atoms with Crippen LogP contribution in [-0.4, -0.2) is 45.2 Å². The van der Waals surface area contributed by atoms with E-state index in [0.717, 1.165) is 17.1 Å². The van der Waals surface area contributed by atoms with Crippen LogP contribution in [0.25, 0.3) is 0 Å². The highest BCUT2D eigenvalue weighted by atomic mass is 19.1. The maximum Gasteiger partial charge on any atom is 0.193 e. The van der Waals surface area contributed by atoms with Gasteiger partial charge in [0.2, 0.25) is 0 Å². The molecule has 5 nitrogen and oxygen atoms in total. The molecule has 1 saturated carbocycles. The van der Waals surface area contributed by atoms with Gasteiger partial charge < -0.3 is 19.7 Å². The molecule has 0 saturated heterocycles. The molecule has 1 aliphatic carbocycles. The summed E-state index contributed by atoms with van der Waals surface area (Å²) in [5.41, 5.74) is 1.12. The number of benzene rings is 2. The van der Waals surface area contributed by atoms with Crippen LogP contribution in [0.4, 0.5) is 8.78 Å². The van der Waals surface area contributed by atoms with Crippen molar-refractivity contribution in [3.63, 3.8) is 0 Å². The van der Waals surface area contributed by atoms with Gasteiger partial charge in [-0.2, -0.15) is 0 Å². The molecule has 1 aliphatic rings. The number of nitrogens with one attached hydrogen (secondary N) is 1. The first-order chi connectivity index (χ1) is 13.5. The van der Waals surface area contributed by atoms with Crippen molar-refractivity contribution in [2.75, 3.05) is 28.3 Å². The minimum atomic E-state index is -0.499. The van der Waals surface area contributed by atoms with Crippen LogP contribution in [0.3, 0.4) is 0 Å². The zero-order valence-electron chi connectivity index (χ0n) is 16.5. The summed E-state index contributed by atoms with van der Waals surface area (Å²) in [6.45, 7) is 0.554. The van der Waals surface area contributed by atoms with E-state index < -0.39 is 11.6 Å². The maximum atomic E-state index is 14.0. The van der Waals surface area contributed by atoms with Gasteiger partial charge >= 0.3 is 0 Å². The minimum Gasteiger partial charge on any atom is -0.497 e. The van der Waals surface area contributed by atoms with Crippen molar-refractivity contribution in [3.05, 3.63) is 59.2 Å². The van der Waals surface area contributed by atoms with Crippen LogP contribution in [0.5, 0.6) is 11.5 Å². The molecule has 2 atom stereocenters. The second-order valence-corrected chi connectivity index (χ2v) is 6.81. The van der Waals surface area contributed by atoms with Gasteiger partial charge in [0.15, 0.2) is 5.96 Å². The standard InChI is InChI=1S/C21H25F2N3O2/c1-24-21(25-18-11-15(18)20-16(22)6-5-7-17(20)23)26(2)12-13-8-9-14(27-3)10-19(13)28-4/h5-10,15,18H,11-12H2,1-4H3,(H,24,25). The Hall–Kier alpha value is -2.83. The Morgan fingerprint density at radius 3 is 2.50 bits per heavy atom. The Morgan fingerprint density at radius 1 is 1.18 bits per heavy atom. The maximum absolute atomic E-state index is 14.0. The second-order valence-electron chi connectivity index (χ2n) is 6.81.